The van der Waals surface area contributed by atoms with Gasteiger partial charge in [-0.2, -0.15) is 0 Å². The minimum Gasteiger partial charge on any atom is -0.310 e. The molecule has 0 aliphatic rings. The zero-order chi connectivity index (χ0) is 14.8. The maximum atomic E-state index is 14.1. The van der Waals surface area contributed by atoms with E-state index in [-0.39, 0.29) is 11.9 Å². The van der Waals surface area contributed by atoms with Crippen LogP contribution in [0.25, 0.3) is 4.96 Å². The van der Waals surface area contributed by atoms with Crippen molar-refractivity contribution in [3.8, 4) is 0 Å². The molecule has 3 nitrogen and oxygen atoms in total. The van der Waals surface area contributed by atoms with Crippen LogP contribution < -0.4 is 5.32 Å². The van der Waals surface area contributed by atoms with Gasteiger partial charge in [-0.05, 0) is 18.7 Å². The summed E-state index contributed by atoms with van der Waals surface area (Å²) in [6, 6.07) is 4.70. The van der Waals surface area contributed by atoms with Gasteiger partial charge in [-0.15, -0.1) is 11.3 Å². The fourth-order valence-corrected chi connectivity index (χ4v) is 3.28. The molecule has 0 amide bonds. The van der Waals surface area contributed by atoms with Crippen LogP contribution in [0.5, 0.6) is 0 Å². The Hall–Kier alpha value is -1.43. The first-order valence-corrected chi connectivity index (χ1v) is 8.02. The lowest BCUT2D eigenvalue weighted by Crippen LogP contribution is -2.24. The summed E-state index contributed by atoms with van der Waals surface area (Å²) in [6.45, 7) is 2.77. The minimum absolute atomic E-state index is 0.114. The van der Waals surface area contributed by atoms with Gasteiger partial charge < -0.3 is 5.32 Å². The molecule has 1 N–H and O–H groups in total. The quantitative estimate of drug-likeness (QED) is 0.766. The molecule has 2 heterocycles. The highest BCUT2D eigenvalue weighted by Gasteiger charge is 2.17. The smallest absolute Gasteiger partial charge is 0.193 e. The van der Waals surface area contributed by atoms with E-state index in [2.05, 4.69) is 10.3 Å². The van der Waals surface area contributed by atoms with Crippen LogP contribution in [-0.2, 0) is 6.42 Å². The van der Waals surface area contributed by atoms with Crippen LogP contribution in [0.2, 0.25) is 5.02 Å². The number of benzene rings is 1. The molecule has 0 bridgehead atoms. The number of fused-ring (bicyclic) bond motifs is 1. The second-order valence-electron chi connectivity index (χ2n) is 4.81. The Labute approximate surface area is 131 Å². The lowest BCUT2D eigenvalue weighted by atomic mass is 10.0. The van der Waals surface area contributed by atoms with E-state index in [1.54, 1.807) is 23.5 Å². The molecule has 1 unspecified atom stereocenters. The van der Waals surface area contributed by atoms with Gasteiger partial charge in [0.05, 0.1) is 5.69 Å². The van der Waals surface area contributed by atoms with Crippen molar-refractivity contribution in [2.45, 2.75) is 19.4 Å². The van der Waals surface area contributed by atoms with E-state index < -0.39 is 0 Å². The molecular weight excluding hydrogens is 309 g/mol. The van der Waals surface area contributed by atoms with Crippen LogP contribution in [0.4, 0.5) is 4.39 Å². The average molecular weight is 324 g/mol. The van der Waals surface area contributed by atoms with E-state index in [9.17, 15) is 4.39 Å². The minimum atomic E-state index is -0.283. The number of likely N-dealkylation sites (N-methyl/N-ethyl adjacent to an activating group) is 1. The van der Waals surface area contributed by atoms with Gasteiger partial charge in [-0.25, -0.2) is 9.37 Å². The third-order valence-corrected chi connectivity index (χ3v) is 4.35. The van der Waals surface area contributed by atoms with Crippen LogP contribution >= 0.6 is 22.9 Å². The summed E-state index contributed by atoms with van der Waals surface area (Å²) in [5, 5.41) is 5.72. The van der Waals surface area contributed by atoms with E-state index in [0.29, 0.717) is 17.0 Å². The molecule has 0 aliphatic heterocycles. The van der Waals surface area contributed by atoms with E-state index in [1.165, 1.54) is 6.07 Å². The molecule has 0 radical (unpaired) electrons. The molecule has 3 rings (SSSR count). The summed E-state index contributed by atoms with van der Waals surface area (Å²) in [4.78, 5) is 5.52. The molecule has 6 heteroatoms. The highest BCUT2D eigenvalue weighted by molar-refractivity contribution is 7.15. The summed E-state index contributed by atoms with van der Waals surface area (Å²) in [6.07, 6.45) is 4.60. The molecule has 0 aliphatic carbocycles. The summed E-state index contributed by atoms with van der Waals surface area (Å²) in [7, 11) is 0. The van der Waals surface area contributed by atoms with Crippen LogP contribution in [0.1, 0.15) is 24.2 Å². The SMILES string of the molecule is CCNC(Cc1cn2ccsc2n1)c1ccc(Cl)cc1F. The highest BCUT2D eigenvalue weighted by Crippen LogP contribution is 2.24. The topological polar surface area (TPSA) is 29.3 Å². The molecule has 0 saturated heterocycles. The Bertz CT molecular complexity index is 724. The normalized spacial score (nSPS) is 12.9. The molecule has 0 fully saturated rings. The number of hydrogen-bond acceptors (Lipinski definition) is 3. The summed E-state index contributed by atoms with van der Waals surface area (Å²) in [5.41, 5.74) is 1.57. The van der Waals surface area contributed by atoms with Gasteiger partial charge >= 0.3 is 0 Å². The number of thiazole rings is 1. The Morgan fingerprint density at radius 1 is 1.48 bits per heavy atom. The zero-order valence-electron chi connectivity index (χ0n) is 11.5. The average Bonchev–Trinajstić information content (AvgIpc) is 2.99. The maximum Gasteiger partial charge on any atom is 0.193 e. The summed E-state index contributed by atoms with van der Waals surface area (Å²) >= 11 is 7.41. The lowest BCUT2D eigenvalue weighted by Gasteiger charge is -2.18. The summed E-state index contributed by atoms with van der Waals surface area (Å²) in [5.74, 6) is -0.283. The van der Waals surface area contributed by atoms with Crippen molar-refractivity contribution in [2.24, 2.45) is 0 Å². The van der Waals surface area contributed by atoms with Gasteiger partial charge in [0.2, 0.25) is 0 Å². The van der Waals surface area contributed by atoms with Crippen molar-refractivity contribution in [2.75, 3.05) is 6.54 Å². The van der Waals surface area contributed by atoms with Gasteiger partial charge in [0.15, 0.2) is 4.96 Å². The number of hydrogen-bond donors (Lipinski definition) is 1. The second kappa shape index (κ2) is 6.13. The van der Waals surface area contributed by atoms with Gasteiger partial charge in [-0.1, -0.05) is 24.6 Å². The Morgan fingerprint density at radius 3 is 3.05 bits per heavy atom. The Kier molecular flexibility index (Phi) is 4.24. The van der Waals surface area contributed by atoms with Crippen molar-refractivity contribution in [3.63, 3.8) is 0 Å². The third kappa shape index (κ3) is 3.10. The van der Waals surface area contributed by atoms with Gasteiger partial charge in [0, 0.05) is 40.8 Å². The number of aromatic nitrogens is 2. The van der Waals surface area contributed by atoms with Crippen molar-refractivity contribution in [3.05, 3.63) is 58.1 Å². The Balaban J connectivity index is 1.88. The van der Waals surface area contributed by atoms with E-state index in [0.717, 1.165) is 17.2 Å². The molecule has 110 valence electrons. The van der Waals surface area contributed by atoms with Crippen LogP contribution in [-0.4, -0.2) is 15.9 Å². The predicted octanol–water partition coefficient (Wildman–Crippen LogP) is 4.08. The van der Waals surface area contributed by atoms with E-state index >= 15 is 0 Å². The zero-order valence-corrected chi connectivity index (χ0v) is 13.1. The van der Waals surface area contributed by atoms with Crippen molar-refractivity contribution < 1.29 is 4.39 Å². The molecule has 21 heavy (non-hydrogen) atoms. The predicted molar refractivity (Wildman–Crippen MR) is 84.6 cm³/mol. The molecule has 3 aromatic rings. The van der Waals surface area contributed by atoms with Crippen LogP contribution in [0.3, 0.4) is 0 Å². The lowest BCUT2D eigenvalue weighted by molar-refractivity contribution is 0.507. The van der Waals surface area contributed by atoms with E-state index in [4.69, 9.17) is 11.6 Å². The van der Waals surface area contributed by atoms with Crippen molar-refractivity contribution in [1.29, 1.82) is 0 Å². The van der Waals surface area contributed by atoms with Crippen molar-refractivity contribution in [1.82, 2.24) is 14.7 Å². The number of nitrogens with zero attached hydrogens (tertiary/aromatic N) is 2. The van der Waals surface area contributed by atoms with Gasteiger partial charge in [0.1, 0.15) is 5.82 Å². The van der Waals surface area contributed by atoms with Gasteiger partial charge in [0.25, 0.3) is 0 Å². The molecule has 0 saturated carbocycles. The number of halogens is 2. The molecule has 1 atom stereocenters. The number of nitrogens with one attached hydrogen (secondary N) is 1. The van der Waals surface area contributed by atoms with Crippen molar-refractivity contribution >= 4 is 27.9 Å². The first-order chi connectivity index (χ1) is 10.2. The highest BCUT2D eigenvalue weighted by atomic mass is 35.5. The second-order valence-corrected chi connectivity index (χ2v) is 6.11. The fraction of sp³-hybridized carbons (Fsp3) is 0.267. The molecule has 1 aromatic carbocycles. The first kappa shape index (κ1) is 14.5. The van der Waals surface area contributed by atoms with Gasteiger partial charge in [-0.3, -0.25) is 4.40 Å². The third-order valence-electron chi connectivity index (χ3n) is 3.34. The standard InChI is InChI=1S/C15H15ClFN3S/c1-2-18-14(12-4-3-10(16)7-13(12)17)8-11-9-20-5-6-21-15(20)19-11/h3-7,9,14,18H,2,8H2,1H3. The maximum absolute atomic E-state index is 14.1. The summed E-state index contributed by atoms with van der Waals surface area (Å²) < 4.78 is 16.1. The molecule has 0 spiro atoms. The molecule has 2 aromatic heterocycles. The Morgan fingerprint density at radius 2 is 2.33 bits per heavy atom. The molecular formula is C15H15ClFN3S. The van der Waals surface area contributed by atoms with Crippen LogP contribution in [0, 0.1) is 5.82 Å². The van der Waals surface area contributed by atoms with E-state index in [1.807, 2.05) is 29.1 Å². The monoisotopic (exact) mass is 323 g/mol. The first-order valence-electron chi connectivity index (χ1n) is 6.76. The number of imidazole rings is 1. The number of rotatable bonds is 5. The largest absolute Gasteiger partial charge is 0.310 e. The fourth-order valence-electron chi connectivity index (χ4n) is 2.41. The van der Waals surface area contributed by atoms with Crippen LogP contribution in [0.15, 0.2) is 36.0 Å².